The molecule has 1 aliphatic heterocycles. The molecular formula is C60H111NO8. The highest BCUT2D eigenvalue weighted by Crippen LogP contribution is 2.23. The Morgan fingerprint density at radius 3 is 1.26 bits per heavy atom. The highest BCUT2D eigenvalue weighted by molar-refractivity contribution is 5.76. The summed E-state index contributed by atoms with van der Waals surface area (Å²) >= 11 is 0. The zero-order chi connectivity index (χ0) is 50.1. The van der Waals surface area contributed by atoms with Gasteiger partial charge >= 0.3 is 0 Å². The lowest BCUT2D eigenvalue weighted by Gasteiger charge is -2.40. The molecule has 0 aromatic heterocycles. The standard InChI is InChI=1S/C60H111NO8/c1-3-5-7-9-11-13-15-16-17-18-19-20-21-22-23-24-25-26-27-28-29-30-31-32-33-34-35-36-37-38-40-42-44-46-48-50-56(64)61-53(52-68-60-59(67)58(66)57(65)55(51-62)69-60)54(63)49-47-45-43-41-39-14-12-10-8-6-4-2/h15-16,18-19,21-22,47,49,53-55,57-60,62-63,65-67H,3-14,17,20,23-46,48,50-52H2,1-2H3,(H,61,64)/b16-15-,19-18-,22-21-,49-47+. The normalized spacial score (nSPS) is 19.8. The minimum atomic E-state index is -1.56. The Balaban J connectivity index is 2.07. The quantitative estimate of drug-likeness (QED) is 0.0261. The van der Waals surface area contributed by atoms with Gasteiger partial charge in [0.15, 0.2) is 6.29 Å². The number of amides is 1. The number of rotatable bonds is 50. The molecule has 9 heteroatoms. The van der Waals surface area contributed by atoms with Crippen LogP contribution in [0.4, 0.5) is 0 Å². The summed E-state index contributed by atoms with van der Waals surface area (Å²) in [6.07, 6.45) is 59.2. The molecule has 9 nitrogen and oxygen atoms in total. The van der Waals surface area contributed by atoms with Gasteiger partial charge in [-0.3, -0.25) is 4.79 Å². The lowest BCUT2D eigenvalue weighted by Crippen LogP contribution is -2.60. The van der Waals surface area contributed by atoms with Crippen LogP contribution in [0.3, 0.4) is 0 Å². The van der Waals surface area contributed by atoms with Gasteiger partial charge in [0, 0.05) is 6.42 Å². The summed E-state index contributed by atoms with van der Waals surface area (Å²) in [6, 6.07) is -0.802. The largest absolute Gasteiger partial charge is 0.394 e. The molecule has 7 unspecified atom stereocenters. The Labute approximate surface area is 424 Å². The molecule has 69 heavy (non-hydrogen) atoms. The molecule has 1 rings (SSSR count). The molecule has 1 amide bonds. The van der Waals surface area contributed by atoms with E-state index >= 15 is 0 Å². The first-order chi connectivity index (χ1) is 33.8. The highest BCUT2D eigenvalue weighted by atomic mass is 16.7. The molecule has 0 radical (unpaired) electrons. The number of ether oxygens (including phenoxy) is 2. The van der Waals surface area contributed by atoms with Gasteiger partial charge in [-0.25, -0.2) is 0 Å². The number of aliphatic hydroxyl groups excluding tert-OH is 5. The molecule has 0 aliphatic carbocycles. The van der Waals surface area contributed by atoms with Gasteiger partial charge in [0.05, 0.1) is 25.4 Å². The van der Waals surface area contributed by atoms with Crippen molar-refractivity contribution < 1.29 is 39.8 Å². The highest BCUT2D eigenvalue weighted by Gasteiger charge is 2.44. The van der Waals surface area contributed by atoms with Crippen molar-refractivity contribution in [1.29, 1.82) is 0 Å². The van der Waals surface area contributed by atoms with Crippen molar-refractivity contribution in [3.8, 4) is 0 Å². The van der Waals surface area contributed by atoms with Crippen LogP contribution in [0.25, 0.3) is 0 Å². The summed E-state index contributed by atoms with van der Waals surface area (Å²) in [5.74, 6) is -0.176. The summed E-state index contributed by atoms with van der Waals surface area (Å²) in [5.41, 5.74) is 0. The molecule has 0 aromatic rings. The summed E-state index contributed by atoms with van der Waals surface area (Å²) in [5, 5.41) is 54.3. The molecule has 404 valence electrons. The fourth-order valence-electron chi connectivity index (χ4n) is 9.22. The Morgan fingerprint density at radius 1 is 0.493 bits per heavy atom. The van der Waals surface area contributed by atoms with Crippen molar-refractivity contribution in [2.45, 2.75) is 314 Å². The second-order valence-corrected chi connectivity index (χ2v) is 20.4. The van der Waals surface area contributed by atoms with Gasteiger partial charge in [0.1, 0.15) is 24.4 Å². The van der Waals surface area contributed by atoms with Crippen molar-refractivity contribution >= 4 is 5.91 Å². The second-order valence-electron chi connectivity index (χ2n) is 20.4. The molecule has 0 saturated carbocycles. The number of allylic oxidation sites excluding steroid dienone is 7. The molecule has 1 aliphatic rings. The van der Waals surface area contributed by atoms with E-state index in [2.05, 4.69) is 55.6 Å². The molecule has 0 spiro atoms. The van der Waals surface area contributed by atoms with Crippen LogP contribution in [0.2, 0.25) is 0 Å². The monoisotopic (exact) mass is 974 g/mol. The SMILES string of the molecule is CCCCCCC/C=C\C/C=C\C/C=C\CCCCCCCCCCCCCCCCCCCCCCC(=O)NC(COC1OC(CO)C(O)C(O)C1O)C(O)/C=C/CCCCCCCCCCC. The van der Waals surface area contributed by atoms with Gasteiger partial charge in [0.25, 0.3) is 0 Å². The van der Waals surface area contributed by atoms with E-state index in [1.54, 1.807) is 6.08 Å². The molecule has 1 fully saturated rings. The Hall–Kier alpha value is -1.85. The number of unbranched alkanes of at least 4 members (excludes halogenated alkanes) is 34. The minimum Gasteiger partial charge on any atom is -0.394 e. The maximum atomic E-state index is 13.0. The molecule has 1 saturated heterocycles. The number of carbonyl (C=O) groups is 1. The van der Waals surface area contributed by atoms with E-state index in [-0.39, 0.29) is 12.5 Å². The Kier molecular flexibility index (Phi) is 47.0. The molecule has 0 bridgehead atoms. The van der Waals surface area contributed by atoms with Crippen molar-refractivity contribution in [2.75, 3.05) is 13.2 Å². The third-order valence-electron chi connectivity index (χ3n) is 13.9. The van der Waals surface area contributed by atoms with Gasteiger partial charge in [-0.15, -0.1) is 0 Å². The number of carbonyl (C=O) groups excluding carboxylic acids is 1. The first kappa shape index (κ1) is 65.2. The zero-order valence-electron chi connectivity index (χ0n) is 44.8. The minimum absolute atomic E-state index is 0.176. The van der Waals surface area contributed by atoms with Crippen molar-refractivity contribution in [3.63, 3.8) is 0 Å². The predicted octanol–water partition coefficient (Wildman–Crippen LogP) is 14.5. The molecule has 7 atom stereocenters. The van der Waals surface area contributed by atoms with Crippen LogP contribution >= 0.6 is 0 Å². The van der Waals surface area contributed by atoms with E-state index in [0.717, 1.165) is 51.4 Å². The van der Waals surface area contributed by atoms with E-state index in [1.807, 2.05) is 6.08 Å². The van der Waals surface area contributed by atoms with Gasteiger partial charge in [-0.05, 0) is 57.8 Å². The maximum absolute atomic E-state index is 13.0. The predicted molar refractivity (Wildman–Crippen MR) is 290 cm³/mol. The molecular weight excluding hydrogens is 863 g/mol. The average molecular weight is 975 g/mol. The van der Waals surface area contributed by atoms with E-state index < -0.39 is 49.5 Å². The molecule has 0 aromatic carbocycles. The van der Waals surface area contributed by atoms with Crippen LogP contribution in [-0.2, 0) is 14.3 Å². The number of hydrogen-bond donors (Lipinski definition) is 6. The topological polar surface area (TPSA) is 149 Å². The molecule has 1 heterocycles. The van der Waals surface area contributed by atoms with Crippen LogP contribution < -0.4 is 5.32 Å². The average Bonchev–Trinajstić information content (AvgIpc) is 3.35. The fraction of sp³-hybridized carbons (Fsp3) is 0.850. The van der Waals surface area contributed by atoms with Crippen molar-refractivity contribution in [2.24, 2.45) is 0 Å². The smallest absolute Gasteiger partial charge is 0.220 e. The third-order valence-corrected chi connectivity index (χ3v) is 13.9. The van der Waals surface area contributed by atoms with Crippen molar-refractivity contribution in [1.82, 2.24) is 5.32 Å². The van der Waals surface area contributed by atoms with Crippen molar-refractivity contribution in [3.05, 3.63) is 48.6 Å². The van der Waals surface area contributed by atoms with Gasteiger partial charge in [-0.2, -0.15) is 0 Å². The second kappa shape index (κ2) is 49.7. The van der Waals surface area contributed by atoms with E-state index in [9.17, 15) is 30.3 Å². The summed E-state index contributed by atoms with van der Waals surface area (Å²) in [4.78, 5) is 13.0. The maximum Gasteiger partial charge on any atom is 0.220 e. The number of hydrogen-bond acceptors (Lipinski definition) is 8. The van der Waals surface area contributed by atoms with E-state index in [0.29, 0.717) is 6.42 Å². The van der Waals surface area contributed by atoms with Crippen LogP contribution in [0, 0.1) is 0 Å². The van der Waals surface area contributed by atoms with E-state index in [4.69, 9.17) is 9.47 Å². The van der Waals surface area contributed by atoms with Crippen LogP contribution in [0.15, 0.2) is 48.6 Å². The van der Waals surface area contributed by atoms with Crippen LogP contribution in [0.1, 0.15) is 271 Å². The Morgan fingerprint density at radius 2 is 0.855 bits per heavy atom. The van der Waals surface area contributed by atoms with Gasteiger partial charge < -0.3 is 40.3 Å². The summed E-state index contributed by atoms with van der Waals surface area (Å²) in [6.45, 7) is 3.76. The zero-order valence-corrected chi connectivity index (χ0v) is 44.8. The lowest BCUT2D eigenvalue weighted by molar-refractivity contribution is -0.302. The number of aliphatic hydroxyl groups is 5. The van der Waals surface area contributed by atoms with E-state index in [1.165, 1.54) is 199 Å². The first-order valence-electron chi connectivity index (χ1n) is 29.4. The molecule has 6 N–H and O–H groups in total. The van der Waals surface area contributed by atoms with Crippen LogP contribution in [0.5, 0.6) is 0 Å². The fourth-order valence-corrected chi connectivity index (χ4v) is 9.22. The first-order valence-corrected chi connectivity index (χ1v) is 29.4. The number of nitrogens with one attached hydrogen (secondary N) is 1. The van der Waals surface area contributed by atoms with Gasteiger partial charge in [-0.1, -0.05) is 255 Å². The lowest BCUT2D eigenvalue weighted by atomic mass is 9.99. The summed E-state index contributed by atoms with van der Waals surface area (Å²) < 4.78 is 11.2. The van der Waals surface area contributed by atoms with Crippen LogP contribution in [-0.4, -0.2) is 87.5 Å². The summed E-state index contributed by atoms with van der Waals surface area (Å²) in [7, 11) is 0. The Bertz CT molecular complexity index is 1220. The van der Waals surface area contributed by atoms with Gasteiger partial charge in [0.2, 0.25) is 5.91 Å². The third kappa shape index (κ3) is 39.4.